The highest BCUT2D eigenvalue weighted by atomic mass is 35.5. The molecule has 2 aliphatic carbocycles. The van der Waals surface area contributed by atoms with Crippen molar-refractivity contribution in [3.63, 3.8) is 0 Å². The predicted molar refractivity (Wildman–Crippen MR) is 150 cm³/mol. The Bertz CT molecular complexity index is 1940. The number of alkyl halides is 2. The zero-order chi connectivity index (χ0) is 32.5. The van der Waals surface area contributed by atoms with E-state index in [1.807, 2.05) is 0 Å². The number of amides is 4. The first-order valence-electron chi connectivity index (χ1n) is 13.7. The Morgan fingerprint density at radius 1 is 0.822 bits per heavy atom. The number of rotatable bonds is 2. The largest absolute Gasteiger partial charge is 0.508 e. The van der Waals surface area contributed by atoms with Crippen molar-refractivity contribution in [3.8, 4) is 5.75 Å². The molecule has 3 fully saturated rings. The van der Waals surface area contributed by atoms with Crippen LogP contribution in [0, 0.1) is 46.8 Å². The van der Waals surface area contributed by atoms with Gasteiger partial charge in [-0.15, -0.1) is 23.2 Å². The van der Waals surface area contributed by atoms with Crippen LogP contribution in [0.15, 0.2) is 48.0 Å². The van der Waals surface area contributed by atoms with Crippen molar-refractivity contribution in [2.75, 3.05) is 11.9 Å². The van der Waals surface area contributed by atoms with E-state index in [-0.39, 0.29) is 22.5 Å². The zero-order valence-corrected chi connectivity index (χ0v) is 24.4. The third kappa shape index (κ3) is 3.46. The monoisotopic (exact) mass is 664 g/mol. The molecule has 1 N–H and O–H groups in total. The van der Waals surface area contributed by atoms with Crippen LogP contribution < -0.4 is 4.90 Å². The molecule has 0 bridgehead atoms. The molecule has 0 aromatic heterocycles. The van der Waals surface area contributed by atoms with Crippen molar-refractivity contribution in [1.29, 1.82) is 0 Å². The van der Waals surface area contributed by atoms with Crippen LogP contribution >= 0.6 is 23.2 Å². The lowest BCUT2D eigenvalue weighted by Crippen LogP contribution is -2.60. The number of hydrogen-bond acceptors (Lipinski definition) is 5. The van der Waals surface area contributed by atoms with Crippen LogP contribution in [0.5, 0.6) is 5.75 Å². The third-order valence-electron chi connectivity index (χ3n) is 9.68. The standard InChI is InChI=1S/C31H19Cl2F5N2O5/c1-39-26(42)14-8-7-13-15(17(14)27(39)43)10-30(32)28(44)40(25-23(37)21(35)20(34)22(36)24(25)38)29(45)31(30,33)19(13)18-12-5-3-2-4-11(12)6-9-16(18)41/h2-7,9,14-15,17,19,41H,8,10H2,1H3/t14-,15+,17-,19+,30+,31-/m0/s1. The number of nitrogens with zero attached hydrogens (tertiary/aromatic N) is 2. The lowest BCUT2D eigenvalue weighted by Gasteiger charge is -2.51. The Kier molecular flexibility index (Phi) is 6.26. The molecule has 0 spiro atoms. The summed E-state index contributed by atoms with van der Waals surface area (Å²) in [4.78, 5) is 50.2. The molecule has 2 heterocycles. The van der Waals surface area contributed by atoms with E-state index in [0.29, 0.717) is 10.8 Å². The van der Waals surface area contributed by atoms with Crippen molar-refractivity contribution >= 4 is 63.3 Å². The summed E-state index contributed by atoms with van der Waals surface area (Å²) in [6.45, 7) is 0. The van der Waals surface area contributed by atoms with Gasteiger partial charge < -0.3 is 5.11 Å². The van der Waals surface area contributed by atoms with Crippen molar-refractivity contribution < 1.29 is 46.2 Å². The van der Waals surface area contributed by atoms with E-state index >= 15 is 8.78 Å². The van der Waals surface area contributed by atoms with E-state index in [9.17, 15) is 37.5 Å². The number of carbonyl (C=O) groups excluding carboxylic acids is 4. The summed E-state index contributed by atoms with van der Waals surface area (Å²) in [5.74, 6) is -21.5. The summed E-state index contributed by atoms with van der Waals surface area (Å²) < 4.78 is 72.9. The van der Waals surface area contributed by atoms with Gasteiger partial charge >= 0.3 is 0 Å². The number of fused-ring (bicyclic) bond motifs is 5. The molecular formula is C31H19Cl2F5N2O5. The minimum atomic E-state index is -2.72. The Hall–Kier alpha value is -4.03. The Morgan fingerprint density at radius 2 is 1.44 bits per heavy atom. The van der Waals surface area contributed by atoms with Crippen LogP contribution in [-0.4, -0.2) is 50.4 Å². The number of carbonyl (C=O) groups is 4. The van der Waals surface area contributed by atoms with Gasteiger partial charge in [-0.05, 0) is 35.6 Å². The average Bonchev–Trinajstić information content (AvgIpc) is 3.33. The highest BCUT2D eigenvalue weighted by Crippen LogP contribution is 2.67. The third-order valence-corrected chi connectivity index (χ3v) is 11.1. The van der Waals surface area contributed by atoms with Gasteiger partial charge in [0.2, 0.25) is 17.6 Å². The number of hydrogen-bond donors (Lipinski definition) is 1. The highest BCUT2D eigenvalue weighted by molar-refractivity contribution is 6.58. The van der Waals surface area contributed by atoms with Gasteiger partial charge in [0.05, 0.1) is 11.8 Å². The lowest BCUT2D eigenvalue weighted by molar-refractivity contribution is -0.138. The van der Waals surface area contributed by atoms with Gasteiger partial charge in [0.25, 0.3) is 11.8 Å². The second-order valence-corrected chi connectivity index (χ2v) is 12.9. The number of anilines is 1. The van der Waals surface area contributed by atoms with Crippen molar-refractivity contribution in [2.24, 2.45) is 17.8 Å². The van der Waals surface area contributed by atoms with Crippen molar-refractivity contribution in [2.45, 2.75) is 28.5 Å². The van der Waals surface area contributed by atoms with Crippen LogP contribution in [0.4, 0.5) is 27.6 Å². The number of allylic oxidation sites excluding steroid dienone is 2. The SMILES string of the molecule is CN1C(=O)[C@H]2[C@H](CC=C3[C@H]2C[C@@]2(Cl)C(=O)N(c4c(F)c(F)c(F)c(F)c4F)C(=O)[C@@]2(Cl)[C@H]3c2c(O)ccc3ccccc23)C1=O. The normalized spacial score (nSPS) is 31.0. The van der Waals surface area contributed by atoms with Gasteiger partial charge in [-0.2, -0.15) is 0 Å². The number of imide groups is 2. The van der Waals surface area contributed by atoms with E-state index in [1.165, 1.54) is 13.1 Å². The first-order chi connectivity index (χ1) is 21.2. The topological polar surface area (TPSA) is 95.0 Å². The minimum Gasteiger partial charge on any atom is -0.508 e. The summed E-state index contributed by atoms with van der Waals surface area (Å²) >= 11 is 14.2. The van der Waals surface area contributed by atoms with Crippen LogP contribution in [0.2, 0.25) is 0 Å². The molecule has 45 heavy (non-hydrogen) atoms. The molecule has 2 saturated heterocycles. The predicted octanol–water partition coefficient (Wildman–Crippen LogP) is 5.43. The Morgan fingerprint density at radius 3 is 2.11 bits per heavy atom. The molecule has 6 atom stereocenters. The van der Waals surface area contributed by atoms with Gasteiger partial charge in [0, 0.05) is 18.5 Å². The highest BCUT2D eigenvalue weighted by Gasteiger charge is 2.77. The van der Waals surface area contributed by atoms with E-state index in [0.717, 1.165) is 4.90 Å². The number of phenolic OH excluding ortho intramolecular Hbond substituents is 1. The molecule has 7 nitrogen and oxygen atoms in total. The van der Waals surface area contributed by atoms with E-state index in [1.54, 1.807) is 36.4 Å². The average molecular weight is 665 g/mol. The summed E-state index contributed by atoms with van der Waals surface area (Å²) in [6.07, 6.45) is 0.969. The number of benzene rings is 3. The molecule has 2 aliphatic heterocycles. The van der Waals surface area contributed by atoms with Gasteiger partial charge in [-0.3, -0.25) is 24.1 Å². The molecule has 1 saturated carbocycles. The maximum Gasteiger partial charge on any atom is 0.258 e. The first kappa shape index (κ1) is 29.7. The second kappa shape index (κ2) is 9.49. The quantitative estimate of drug-likeness (QED) is 0.0984. The van der Waals surface area contributed by atoms with Gasteiger partial charge in [0.1, 0.15) is 11.4 Å². The summed E-state index contributed by atoms with van der Waals surface area (Å²) in [5.41, 5.74) is -1.63. The molecule has 0 unspecified atom stereocenters. The maximum atomic E-state index is 15.1. The van der Waals surface area contributed by atoms with Crippen LogP contribution in [0.1, 0.15) is 24.3 Å². The van der Waals surface area contributed by atoms with E-state index < -0.39 is 104 Å². The van der Waals surface area contributed by atoms with Gasteiger partial charge in [-0.25, -0.2) is 26.9 Å². The molecule has 14 heteroatoms. The molecule has 3 aromatic rings. The van der Waals surface area contributed by atoms with Crippen LogP contribution in [0.25, 0.3) is 10.8 Å². The zero-order valence-electron chi connectivity index (χ0n) is 22.9. The summed E-state index contributed by atoms with van der Waals surface area (Å²) in [7, 11) is 1.29. The fourth-order valence-electron chi connectivity index (χ4n) is 7.63. The first-order valence-corrected chi connectivity index (χ1v) is 14.4. The van der Waals surface area contributed by atoms with Crippen molar-refractivity contribution in [1.82, 2.24) is 4.90 Å². The molecule has 4 aliphatic rings. The fourth-order valence-corrected chi connectivity index (χ4v) is 8.55. The molecule has 0 radical (unpaired) electrons. The number of aromatic hydroxyl groups is 1. The molecule has 4 amide bonds. The number of halogens is 7. The maximum absolute atomic E-state index is 15.1. The number of phenols is 1. The van der Waals surface area contributed by atoms with Gasteiger partial charge in [-0.1, -0.05) is 42.0 Å². The molecule has 232 valence electrons. The van der Waals surface area contributed by atoms with E-state index in [2.05, 4.69) is 0 Å². The summed E-state index contributed by atoms with van der Waals surface area (Å²) in [5, 5.41) is 12.2. The minimum absolute atomic E-state index is 0.0131. The smallest absolute Gasteiger partial charge is 0.258 e. The van der Waals surface area contributed by atoms with Gasteiger partial charge in [0.15, 0.2) is 33.0 Å². The fraction of sp³-hybridized carbons (Fsp3) is 0.290. The summed E-state index contributed by atoms with van der Waals surface area (Å²) in [6, 6.07) is 9.42. The second-order valence-electron chi connectivity index (χ2n) is 11.6. The van der Waals surface area contributed by atoms with E-state index in [4.69, 9.17) is 23.2 Å². The van der Waals surface area contributed by atoms with Crippen LogP contribution in [-0.2, 0) is 19.2 Å². The lowest BCUT2D eigenvalue weighted by atomic mass is 9.56. The molecular weight excluding hydrogens is 646 g/mol. The Balaban J connectivity index is 1.54. The molecule has 7 rings (SSSR count). The number of likely N-dealkylation sites (tertiary alicyclic amines) is 1. The molecule has 3 aromatic carbocycles. The van der Waals surface area contributed by atoms with Crippen molar-refractivity contribution in [3.05, 3.63) is 82.7 Å². The Labute approximate surface area is 260 Å². The van der Waals surface area contributed by atoms with Crippen LogP contribution in [0.3, 0.4) is 0 Å².